The van der Waals surface area contributed by atoms with Gasteiger partial charge in [0.15, 0.2) is 0 Å². The Bertz CT molecular complexity index is 376. The summed E-state index contributed by atoms with van der Waals surface area (Å²) in [7, 11) is 0. The monoisotopic (exact) mass is 301 g/mol. The van der Waals surface area contributed by atoms with E-state index in [-0.39, 0.29) is 11.9 Å². The highest BCUT2D eigenvalue weighted by molar-refractivity contribution is 9.10. The van der Waals surface area contributed by atoms with Gasteiger partial charge in [0, 0.05) is 29.8 Å². The van der Waals surface area contributed by atoms with Crippen LogP contribution in [0.1, 0.15) is 37.2 Å². The molecule has 4 nitrogen and oxygen atoms in total. The quantitative estimate of drug-likeness (QED) is 0.845. The largest absolute Gasteiger partial charge is 0.349 e. The normalized spacial score (nSPS) is 12.5. The number of nitrogens with one attached hydrogen (secondary N) is 1. The molecule has 0 aliphatic heterocycles. The Labute approximate surface area is 111 Å². The van der Waals surface area contributed by atoms with Crippen molar-refractivity contribution in [2.75, 3.05) is 6.54 Å². The van der Waals surface area contributed by atoms with E-state index in [1.807, 2.05) is 23.8 Å². The van der Waals surface area contributed by atoms with Crippen LogP contribution in [0.2, 0.25) is 0 Å². The maximum Gasteiger partial charge on any atom is 0.267 e. The number of nitrogens with two attached hydrogens (primary N) is 1. The third-order valence-electron chi connectivity index (χ3n) is 2.61. The highest BCUT2D eigenvalue weighted by Crippen LogP contribution is 2.15. The van der Waals surface area contributed by atoms with Crippen molar-refractivity contribution in [3.63, 3.8) is 0 Å². The van der Waals surface area contributed by atoms with E-state index in [0.29, 0.717) is 12.2 Å². The molecule has 1 aromatic heterocycles. The van der Waals surface area contributed by atoms with Crippen molar-refractivity contribution >= 4 is 21.8 Å². The van der Waals surface area contributed by atoms with E-state index in [4.69, 9.17) is 5.73 Å². The molecule has 5 heteroatoms. The second-order valence-electron chi connectivity index (χ2n) is 4.12. The third kappa shape index (κ3) is 4.16. The van der Waals surface area contributed by atoms with E-state index >= 15 is 0 Å². The molecular weight excluding hydrogens is 282 g/mol. The van der Waals surface area contributed by atoms with Crippen molar-refractivity contribution in [3.05, 3.63) is 22.4 Å². The summed E-state index contributed by atoms with van der Waals surface area (Å²) in [6.07, 6.45) is 3.79. The standard InChI is InChI=1S/C12H20BrN3O/c1-3-5-16-8-9(13)6-11(16)12(17)15-7-10(14)4-2/h6,8,10H,3-5,7,14H2,1-2H3,(H,15,17). The molecule has 3 N–H and O–H groups in total. The summed E-state index contributed by atoms with van der Waals surface area (Å²) in [4.78, 5) is 12.0. The lowest BCUT2D eigenvalue weighted by atomic mass is 10.2. The lowest BCUT2D eigenvalue weighted by molar-refractivity contribution is 0.0941. The number of halogens is 1. The van der Waals surface area contributed by atoms with Crippen molar-refractivity contribution in [2.24, 2.45) is 5.73 Å². The van der Waals surface area contributed by atoms with E-state index in [1.165, 1.54) is 0 Å². The van der Waals surface area contributed by atoms with E-state index in [1.54, 1.807) is 0 Å². The minimum absolute atomic E-state index is 0.0250. The molecule has 0 saturated heterocycles. The van der Waals surface area contributed by atoms with Crippen molar-refractivity contribution in [1.29, 1.82) is 0 Å². The van der Waals surface area contributed by atoms with E-state index in [9.17, 15) is 4.79 Å². The number of carbonyl (C=O) groups is 1. The molecule has 1 atom stereocenters. The Morgan fingerprint density at radius 2 is 2.29 bits per heavy atom. The summed E-state index contributed by atoms with van der Waals surface area (Å²) in [5, 5.41) is 2.86. The van der Waals surface area contributed by atoms with Gasteiger partial charge in [-0.1, -0.05) is 13.8 Å². The Hall–Kier alpha value is -0.810. The van der Waals surface area contributed by atoms with Crippen LogP contribution in [-0.2, 0) is 6.54 Å². The minimum atomic E-state index is -0.0620. The molecule has 1 rings (SSSR count). The summed E-state index contributed by atoms with van der Waals surface area (Å²) < 4.78 is 2.88. The summed E-state index contributed by atoms with van der Waals surface area (Å²) >= 11 is 3.39. The molecule has 0 fully saturated rings. The van der Waals surface area contributed by atoms with Crippen LogP contribution in [0.25, 0.3) is 0 Å². The molecule has 0 radical (unpaired) electrons. The predicted octanol–water partition coefficient (Wildman–Crippen LogP) is 2.13. The number of hydrogen-bond acceptors (Lipinski definition) is 2. The Balaban J connectivity index is 2.67. The van der Waals surface area contributed by atoms with Gasteiger partial charge in [-0.3, -0.25) is 4.79 Å². The number of hydrogen-bond donors (Lipinski definition) is 2. The van der Waals surface area contributed by atoms with Crippen molar-refractivity contribution in [2.45, 2.75) is 39.3 Å². The maximum atomic E-state index is 12.0. The molecule has 1 amide bonds. The van der Waals surface area contributed by atoms with E-state index < -0.39 is 0 Å². The molecule has 0 aliphatic rings. The van der Waals surface area contributed by atoms with Gasteiger partial charge in [0.05, 0.1) is 0 Å². The van der Waals surface area contributed by atoms with Gasteiger partial charge in [0.25, 0.3) is 5.91 Å². The molecule has 1 aromatic rings. The van der Waals surface area contributed by atoms with E-state index in [2.05, 4.69) is 28.2 Å². The fourth-order valence-corrected chi connectivity index (χ4v) is 2.01. The molecule has 17 heavy (non-hydrogen) atoms. The maximum absolute atomic E-state index is 12.0. The Kier molecular flexibility index (Phi) is 5.71. The van der Waals surface area contributed by atoms with Gasteiger partial charge in [-0.25, -0.2) is 0 Å². The molecule has 0 bridgehead atoms. The first-order valence-electron chi connectivity index (χ1n) is 5.97. The molecule has 0 aliphatic carbocycles. The molecular formula is C12H20BrN3O. The first kappa shape index (κ1) is 14.3. The van der Waals surface area contributed by atoms with Crippen LogP contribution in [-0.4, -0.2) is 23.1 Å². The Morgan fingerprint density at radius 1 is 1.59 bits per heavy atom. The van der Waals surface area contributed by atoms with Crippen LogP contribution in [0.3, 0.4) is 0 Å². The van der Waals surface area contributed by atoms with Gasteiger partial charge in [0.1, 0.15) is 5.69 Å². The Morgan fingerprint density at radius 3 is 2.88 bits per heavy atom. The highest BCUT2D eigenvalue weighted by Gasteiger charge is 2.13. The van der Waals surface area contributed by atoms with Crippen molar-refractivity contribution in [1.82, 2.24) is 9.88 Å². The van der Waals surface area contributed by atoms with E-state index in [0.717, 1.165) is 23.9 Å². The fourth-order valence-electron chi connectivity index (χ4n) is 1.55. The molecule has 1 unspecified atom stereocenters. The summed E-state index contributed by atoms with van der Waals surface area (Å²) in [6, 6.07) is 1.86. The van der Waals surface area contributed by atoms with Crippen LogP contribution in [0, 0.1) is 0 Å². The van der Waals surface area contributed by atoms with Gasteiger partial charge in [-0.05, 0) is 34.8 Å². The number of aryl methyl sites for hydroxylation is 1. The second-order valence-corrected chi connectivity index (χ2v) is 5.03. The number of carbonyl (C=O) groups excluding carboxylic acids is 1. The average Bonchev–Trinajstić information content (AvgIpc) is 2.67. The summed E-state index contributed by atoms with van der Waals surface area (Å²) in [5.74, 6) is -0.0620. The number of rotatable bonds is 6. The molecule has 0 saturated carbocycles. The zero-order chi connectivity index (χ0) is 12.8. The van der Waals surface area contributed by atoms with Crippen LogP contribution in [0.5, 0.6) is 0 Å². The molecule has 0 spiro atoms. The third-order valence-corrected chi connectivity index (χ3v) is 3.04. The van der Waals surface area contributed by atoms with Crippen LogP contribution < -0.4 is 11.1 Å². The number of nitrogens with zero attached hydrogens (tertiary/aromatic N) is 1. The molecule has 0 aromatic carbocycles. The zero-order valence-electron chi connectivity index (χ0n) is 10.4. The lowest BCUT2D eigenvalue weighted by Gasteiger charge is -2.11. The van der Waals surface area contributed by atoms with Gasteiger partial charge < -0.3 is 15.6 Å². The van der Waals surface area contributed by atoms with Crippen LogP contribution >= 0.6 is 15.9 Å². The molecule has 1 heterocycles. The lowest BCUT2D eigenvalue weighted by Crippen LogP contribution is -2.37. The van der Waals surface area contributed by atoms with Gasteiger partial charge in [-0.15, -0.1) is 0 Å². The summed E-state index contributed by atoms with van der Waals surface area (Å²) in [6.45, 7) is 5.45. The predicted molar refractivity (Wildman–Crippen MR) is 73.0 cm³/mol. The van der Waals surface area contributed by atoms with Gasteiger partial charge in [0.2, 0.25) is 0 Å². The minimum Gasteiger partial charge on any atom is -0.349 e. The van der Waals surface area contributed by atoms with Crippen molar-refractivity contribution in [3.8, 4) is 0 Å². The average molecular weight is 302 g/mol. The van der Waals surface area contributed by atoms with Crippen LogP contribution in [0.15, 0.2) is 16.7 Å². The smallest absolute Gasteiger partial charge is 0.267 e. The number of amides is 1. The van der Waals surface area contributed by atoms with Gasteiger partial charge >= 0.3 is 0 Å². The van der Waals surface area contributed by atoms with Gasteiger partial charge in [-0.2, -0.15) is 0 Å². The van der Waals surface area contributed by atoms with Crippen LogP contribution in [0.4, 0.5) is 0 Å². The number of aromatic nitrogens is 1. The first-order chi connectivity index (χ1) is 8.08. The van der Waals surface area contributed by atoms with Crippen molar-refractivity contribution < 1.29 is 4.79 Å². The SMILES string of the molecule is CCCn1cc(Br)cc1C(=O)NCC(N)CC. The summed E-state index contributed by atoms with van der Waals surface area (Å²) in [5.41, 5.74) is 6.45. The fraction of sp³-hybridized carbons (Fsp3) is 0.583. The highest BCUT2D eigenvalue weighted by atomic mass is 79.9. The topological polar surface area (TPSA) is 60.0 Å². The first-order valence-corrected chi connectivity index (χ1v) is 6.77. The second kappa shape index (κ2) is 6.81. The molecule has 96 valence electrons. The zero-order valence-corrected chi connectivity index (χ0v) is 12.0.